The number of halogens is 3. The number of nitriles is 1. The number of carbonyl (C=O) groups is 3. The molecule has 1 unspecified atom stereocenters. The molecule has 0 saturated carbocycles. The highest BCUT2D eigenvalue weighted by Crippen LogP contribution is 2.41. The topological polar surface area (TPSA) is 102 Å². The third-order valence-electron chi connectivity index (χ3n) is 5.23. The second kappa shape index (κ2) is 9.23. The number of hydrogen-bond acceptors (Lipinski definition) is 4. The SMILES string of the molecule is CC(=O)C1=C(C)N(c2cccc(C(F)(F)F)c2)C(=O)N(C=CC(=O)O)C1c1ccc(C#N)cc1. The van der Waals surface area contributed by atoms with Gasteiger partial charge in [0.15, 0.2) is 5.78 Å². The zero-order valence-electron chi connectivity index (χ0n) is 18.0. The van der Waals surface area contributed by atoms with E-state index >= 15 is 0 Å². The van der Waals surface area contributed by atoms with E-state index in [1.807, 2.05) is 6.07 Å². The first-order valence-corrected chi connectivity index (χ1v) is 9.88. The van der Waals surface area contributed by atoms with Gasteiger partial charge < -0.3 is 5.11 Å². The van der Waals surface area contributed by atoms with Gasteiger partial charge in [0.2, 0.25) is 0 Å². The van der Waals surface area contributed by atoms with Crippen molar-refractivity contribution in [1.82, 2.24) is 4.90 Å². The smallest absolute Gasteiger partial charge is 0.416 e. The van der Waals surface area contributed by atoms with Gasteiger partial charge in [0.25, 0.3) is 0 Å². The minimum absolute atomic E-state index is 0.0803. The van der Waals surface area contributed by atoms with Crippen molar-refractivity contribution in [3.8, 4) is 6.07 Å². The third-order valence-corrected chi connectivity index (χ3v) is 5.23. The minimum Gasteiger partial charge on any atom is -0.478 e. The maximum Gasteiger partial charge on any atom is 0.416 e. The molecule has 2 amide bonds. The number of Topliss-reactive ketones (excluding diaryl/α,β-unsaturated/α-hetero) is 1. The molecule has 1 atom stereocenters. The average molecular weight is 469 g/mol. The number of amides is 2. The number of urea groups is 1. The molecule has 34 heavy (non-hydrogen) atoms. The molecule has 174 valence electrons. The van der Waals surface area contributed by atoms with Crippen LogP contribution in [0.3, 0.4) is 0 Å². The molecule has 1 N–H and O–H groups in total. The van der Waals surface area contributed by atoms with Gasteiger partial charge in [0, 0.05) is 23.5 Å². The maximum absolute atomic E-state index is 13.5. The van der Waals surface area contributed by atoms with E-state index < -0.39 is 35.6 Å². The van der Waals surface area contributed by atoms with Crippen LogP contribution in [-0.2, 0) is 15.8 Å². The molecule has 0 radical (unpaired) electrons. The standard InChI is InChI=1S/C24H18F3N3O4/c1-14-21(15(2)31)22(17-8-6-16(13-28)7-9-17)29(11-10-20(32)33)23(34)30(14)19-5-3-4-18(12-19)24(25,26)27/h3-12,22H,1-2H3,(H,32,33). The summed E-state index contributed by atoms with van der Waals surface area (Å²) in [6.07, 6.45) is -3.01. The lowest BCUT2D eigenvalue weighted by atomic mass is 9.90. The average Bonchev–Trinajstić information content (AvgIpc) is 2.77. The predicted octanol–water partition coefficient (Wildman–Crippen LogP) is 5.02. The van der Waals surface area contributed by atoms with Gasteiger partial charge in [-0.05, 0) is 49.7 Å². The number of aliphatic carboxylic acids is 1. The van der Waals surface area contributed by atoms with Crippen LogP contribution in [-0.4, -0.2) is 27.8 Å². The summed E-state index contributed by atoms with van der Waals surface area (Å²) < 4.78 is 39.9. The second-order valence-corrected chi connectivity index (χ2v) is 7.42. The molecule has 0 aliphatic carbocycles. The van der Waals surface area contributed by atoms with E-state index in [0.717, 1.165) is 34.2 Å². The summed E-state index contributed by atoms with van der Waals surface area (Å²) in [7, 11) is 0. The van der Waals surface area contributed by atoms with Gasteiger partial charge in [0.05, 0.1) is 28.9 Å². The fourth-order valence-electron chi connectivity index (χ4n) is 3.76. The minimum atomic E-state index is -4.66. The number of hydrogen-bond donors (Lipinski definition) is 1. The van der Waals surface area contributed by atoms with Gasteiger partial charge in [-0.3, -0.25) is 14.6 Å². The van der Waals surface area contributed by atoms with E-state index in [-0.39, 0.29) is 17.0 Å². The van der Waals surface area contributed by atoms with Crippen molar-refractivity contribution in [2.24, 2.45) is 0 Å². The summed E-state index contributed by atoms with van der Waals surface area (Å²) in [6.45, 7) is 2.68. The summed E-state index contributed by atoms with van der Waals surface area (Å²) in [5.74, 6) is -1.84. The van der Waals surface area contributed by atoms with Gasteiger partial charge in [-0.25, -0.2) is 9.59 Å². The molecule has 0 aromatic heterocycles. The summed E-state index contributed by atoms with van der Waals surface area (Å²) in [5, 5.41) is 18.2. The first-order valence-electron chi connectivity index (χ1n) is 9.88. The number of allylic oxidation sites excluding steroid dienone is 1. The fraction of sp³-hybridized carbons (Fsp3) is 0.167. The van der Waals surface area contributed by atoms with Crippen LogP contribution in [0.15, 0.2) is 72.1 Å². The molecule has 2 aromatic rings. The van der Waals surface area contributed by atoms with Crippen molar-refractivity contribution in [3.05, 3.63) is 88.8 Å². The van der Waals surface area contributed by atoms with Gasteiger partial charge in [-0.1, -0.05) is 18.2 Å². The number of carboxylic acids is 1. The Kier molecular flexibility index (Phi) is 6.58. The van der Waals surface area contributed by atoms with E-state index in [1.54, 1.807) is 0 Å². The van der Waals surface area contributed by atoms with Gasteiger partial charge in [-0.2, -0.15) is 18.4 Å². The molecule has 2 aromatic carbocycles. The Bertz CT molecular complexity index is 1260. The number of nitrogens with zero attached hydrogens (tertiary/aromatic N) is 3. The molecule has 3 rings (SSSR count). The van der Waals surface area contributed by atoms with Gasteiger partial charge >= 0.3 is 18.2 Å². The third kappa shape index (κ3) is 4.68. The highest BCUT2D eigenvalue weighted by Gasteiger charge is 2.41. The van der Waals surface area contributed by atoms with Crippen molar-refractivity contribution < 1.29 is 32.7 Å². The van der Waals surface area contributed by atoms with E-state index in [9.17, 15) is 27.6 Å². The van der Waals surface area contributed by atoms with Crippen LogP contribution in [0.5, 0.6) is 0 Å². The summed E-state index contributed by atoms with van der Waals surface area (Å²) in [6, 6.07) is 10.1. The van der Waals surface area contributed by atoms with Crippen LogP contribution < -0.4 is 4.90 Å². The van der Waals surface area contributed by atoms with E-state index in [0.29, 0.717) is 17.2 Å². The number of benzene rings is 2. The molecule has 0 spiro atoms. The number of alkyl halides is 3. The number of ketones is 1. The molecule has 1 aliphatic rings. The monoisotopic (exact) mass is 469 g/mol. The number of carboxylic acid groups (broad SMARTS) is 1. The lowest BCUT2D eigenvalue weighted by Crippen LogP contribution is -2.48. The molecule has 0 saturated heterocycles. The molecule has 0 bridgehead atoms. The lowest BCUT2D eigenvalue weighted by molar-refractivity contribution is -0.137. The Labute approximate surface area is 192 Å². The summed E-state index contributed by atoms with van der Waals surface area (Å²) >= 11 is 0. The van der Waals surface area contributed by atoms with Crippen LogP contribution in [0, 0.1) is 11.3 Å². The van der Waals surface area contributed by atoms with E-state index in [2.05, 4.69) is 0 Å². The number of carbonyl (C=O) groups excluding carboxylic acids is 2. The van der Waals surface area contributed by atoms with Gasteiger partial charge in [-0.15, -0.1) is 0 Å². The van der Waals surface area contributed by atoms with E-state index in [1.165, 1.54) is 44.2 Å². The largest absolute Gasteiger partial charge is 0.478 e. The number of anilines is 1. The van der Waals surface area contributed by atoms with Crippen molar-refractivity contribution >= 4 is 23.5 Å². The molecular weight excluding hydrogens is 451 g/mol. The molecule has 1 aliphatic heterocycles. The Hall–Kier alpha value is -4.39. The predicted molar refractivity (Wildman–Crippen MR) is 115 cm³/mol. The Morgan fingerprint density at radius 2 is 1.79 bits per heavy atom. The molecule has 1 heterocycles. The zero-order valence-corrected chi connectivity index (χ0v) is 18.0. The Morgan fingerprint density at radius 1 is 1.15 bits per heavy atom. The molecule has 0 fully saturated rings. The maximum atomic E-state index is 13.5. The zero-order chi connectivity index (χ0) is 25.2. The highest BCUT2D eigenvalue weighted by molar-refractivity contribution is 6.05. The summed E-state index contributed by atoms with van der Waals surface area (Å²) in [5.41, 5.74) is -0.201. The van der Waals surface area contributed by atoms with Crippen LogP contribution in [0.1, 0.15) is 36.6 Å². The van der Waals surface area contributed by atoms with Crippen molar-refractivity contribution in [2.75, 3.05) is 4.90 Å². The Morgan fingerprint density at radius 3 is 2.32 bits per heavy atom. The van der Waals surface area contributed by atoms with Gasteiger partial charge in [0.1, 0.15) is 0 Å². The molecule has 7 nitrogen and oxygen atoms in total. The second-order valence-electron chi connectivity index (χ2n) is 7.42. The molecule has 10 heteroatoms. The van der Waals surface area contributed by atoms with Crippen molar-refractivity contribution in [1.29, 1.82) is 5.26 Å². The Balaban J connectivity index is 2.27. The van der Waals surface area contributed by atoms with Crippen LogP contribution in [0.2, 0.25) is 0 Å². The first kappa shape index (κ1) is 24.3. The fourth-order valence-corrected chi connectivity index (χ4v) is 3.76. The lowest BCUT2D eigenvalue weighted by Gasteiger charge is -2.41. The molecular formula is C24H18F3N3O4. The van der Waals surface area contributed by atoms with Crippen molar-refractivity contribution in [2.45, 2.75) is 26.1 Å². The van der Waals surface area contributed by atoms with E-state index in [4.69, 9.17) is 10.4 Å². The van der Waals surface area contributed by atoms with Crippen LogP contribution in [0.4, 0.5) is 23.7 Å². The van der Waals surface area contributed by atoms with Crippen LogP contribution in [0.25, 0.3) is 0 Å². The normalized spacial score (nSPS) is 16.7. The van der Waals surface area contributed by atoms with Crippen molar-refractivity contribution in [3.63, 3.8) is 0 Å². The first-order chi connectivity index (χ1) is 16.0. The van der Waals surface area contributed by atoms with Crippen LogP contribution >= 0.6 is 0 Å². The highest BCUT2D eigenvalue weighted by atomic mass is 19.4. The summed E-state index contributed by atoms with van der Waals surface area (Å²) in [4.78, 5) is 39.3. The quantitative estimate of drug-likeness (QED) is 0.620. The number of rotatable bonds is 5.